The molecule has 0 saturated carbocycles. The number of anilines is 1. The number of pyridine rings is 1. The number of hydrogen-bond donors (Lipinski definition) is 1. The molecule has 0 radical (unpaired) electrons. The molecule has 0 spiro atoms. The average molecular weight is 278 g/mol. The van der Waals surface area contributed by atoms with E-state index in [1.807, 2.05) is 30.3 Å². The normalized spacial score (nSPS) is 10.5. The van der Waals surface area contributed by atoms with Crippen LogP contribution in [0.2, 0.25) is 0 Å². The summed E-state index contributed by atoms with van der Waals surface area (Å²) >= 11 is 0. The fourth-order valence-electron chi connectivity index (χ4n) is 2.23. The molecule has 1 aromatic heterocycles. The van der Waals surface area contributed by atoms with E-state index in [0.29, 0.717) is 22.6 Å². The van der Waals surface area contributed by atoms with Crippen molar-refractivity contribution in [1.82, 2.24) is 4.98 Å². The molecule has 3 rings (SSSR count). The average Bonchev–Trinajstić information content (AvgIpc) is 2.53. The van der Waals surface area contributed by atoms with Crippen LogP contribution in [0.5, 0.6) is 5.75 Å². The highest BCUT2D eigenvalue weighted by Gasteiger charge is 2.14. The van der Waals surface area contributed by atoms with E-state index in [0.717, 1.165) is 10.9 Å². The maximum atomic E-state index is 12.5. The fourth-order valence-corrected chi connectivity index (χ4v) is 2.23. The summed E-state index contributed by atoms with van der Waals surface area (Å²) in [7, 11) is 1.56. The van der Waals surface area contributed by atoms with Gasteiger partial charge in [0.25, 0.3) is 0 Å². The Morgan fingerprint density at radius 3 is 2.71 bits per heavy atom. The van der Waals surface area contributed by atoms with Gasteiger partial charge in [-0.15, -0.1) is 0 Å². The van der Waals surface area contributed by atoms with Crippen molar-refractivity contribution in [3.63, 3.8) is 0 Å². The van der Waals surface area contributed by atoms with Gasteiger partial charge >= 0.3 is 0 Å². The second kappa shape index (κ2) is 5.25. The van der Waals surface area contributed by atoms with E-state index in [1.165, 1.54) is 0 Å². The van der Waals surface area contributed by atoms with Gasteiger partial charge in [0, 0.05) is 34.5 Å². The van der Waals surface area contributed by atoms with Gasteiger partial charge in [-0.25, -0.2) is 0 Å². The maximum absolute atomic E-state index is 12.5. The Bertz CT molecular complexity index is 828. The van der Waals surface area contributed by atoms with E-state index in [9.17, 15) is 4.79 Å². The monoisotopic (exact) mass is 278 g/mol. The number of benzene rings is 2. The van der Waals surface area contributed by atoms with Crippen molar-refractivity contribution in [1.29, 1.82) is 0 Å². The Morgan fingerprint density at radius 2 is 1.95 bits per heavy atom. The number of nitrogens with zero attached hydrogens (tertiary/aromatic N) is 1. The predicted octanol–water partition coefficient (Wildman–Crippen LogP) is 3.06. The Labute approximate surface area is 122 Å². The zero-order valence-corrected chi connectivity index (χ0v) is 11.5. The molecule has 1 heterocycles. The van der Waals surface area contributed by atoms with Gasteiger partial charge in [0.2, 0.25) is 0 Å². The molecule has 4 nitrogen and oxygen atoms in total. The van der Waals surface area contributed by atoms with E-state index in [-0.39, 0.29) is 5.78 Å². The summed E-state index contributed by atoms with van der Waals surface area (Å²) in [6, 6.07) is 14.5. The molecule has 0 amide bonds. The van der Waals surface area contributed by atoms with Crippen LogP contribution in [-0.4, -0.2) is 17.9 Å². The third-order valence-electron chi connectivity index (χ3n) is 3.36. The lowest BCUT2D eigenvalue weighted by Gasteiger charge is -2.07. The lowest BCUT2D eigenvalue weighted by molar-refractivity contribution is 0.103. The largest absolute Gasteiger partial charge is 0.497 e. The molecule has 0 aliphatic rings. The van der Waals surface area contributed by atoms with Gasteiger partial charge in [0.15, 0.2) is 5.78 Å². The number of methoxy groups -OCH3 is 1. The summed E-state index contributed by atoms with van der Waals surface area (Å²) in [6.45, 7) is 0. The number of nitrogen functional groups attached to an aromatic ring is 1. The molecule has 0 bridgehead atoms. The SMILES string of the molecule is COc1ccc(C(=O)c2cnc3ccccc3c2)c(N)c1. The number of carbonyl (C=O) groups is 1. The molecule has 0 saturated heterocycles. The molecule has 21 heavy (non-hydrogen) atoms. The van der Waals surface area contributed by atoms with Crippen molar-refractivity contribution < 1.29 is 9.53 Å². The van der Waals surface area contributed by atoms with Crippen LogP contribution in [0.1, 0.15) is 15.9 Å². The van der Waals surface area contributed by atoms with Gasteiger partial charge < -0.3 is 10.5 Å². The van der Waals surface area contributed by atoms with Gasteiger partial charge in [0.1, 0.15) is 5.75 Å². The summed E-state index contributed by atoms with van der Waals surface area (Å²) < 4.78 is 5.09. The number of ketones is 1. The van der Waals surface area contributed by atoms with Crippen molar-refractivity contribution in [3.05, 3.63) is 65.9 Å². The summed E-state index contributed by atoms with van der Waals surface area (Å²) in [5, 5.41) is 0.926. The van der Waals surface area contributed by atoms with Crippen LogP contribution in [0, 0.1) is 0 Å². The lowest BCUT2D eigenvalue weighted by Crippen LogP contribution is -2.06. The molecule has 0 unspecified atom stereocenters. The number of aromatic nitrogens is 1. The zero-order valence-electron chi connectivity index (χ0n) is 11.5. The summed E-state index contributed by atoms with van der Waals surface area (Å²) in [5.41, 5.74) is 8.15. The topological polar surface area (TPSA) is 65.2 Å². The number of fused-ring (bicyclic) bond motifs is 1. The van der Waals surface area contributed by atoms with E-state index in [2.05, 4.69) is 4.98 Å². The Balaban J connectivity index is 2.03. The van der Waals surface area contributed by atoms with Gasteiger partial charge in [0.05, 0.1) is 12.6 Å². The molecular formula is C17H14N2O2. The summed E-state index contributed by atoms with van der Waals surface area (Å²) in [4.78, 5) is 16.9. The first-order valence-corrected chi connectivity index (χ1v) is 6.52. The molecule has 0 aliphatic heterocycles. The number of para-hydroxylation sites is 1. The van der Waals surface area contributed by atoms with Gasteiger partial charge in [-0.1, -0.05) is 18.2 Å². The third-order valence-corrected chi connectivity index (χ3v) is 3.36. The van der Waals surface area contributed by atoms with Crippen molar-refractivity contribution in [3.8, 4) is 5.75 Å². The number of rotatable bonds is 3. The second-order valence-electron chi connectivity index (χ2n) is 4.70. The first-order chi connectivity index (χ1) is 10.2. The molecule has 0 aliphatic carbocycles. The first kappa shape index (κ1) is 13.1. The van der Waals surface area contributed by atoms with Crippen LogP contribution in [0.25, 0.3) is 10.9 Å². The molecule has 0 fully saturated rings. The molecular weight excluding hydrogens is 264 g/mol. The van der Waals surface area contributed by atoms with E-state index in [4.69, 9.17) is 10.5 Å². The van der Waals surface area contributed by atoms with Crippen molar-refractivity contribution in [2.45, 2.75) is 0 Å². The minimum absolute atomic E-state index is 0.145. The van der Waals surface area contributed by atoms with Gasteiger partial charge in [-0.05, 0) is 24.3 Å². The molecule has 104 valence electrons. The maximum Gasteiger partial charge on any atom is 0.196 e. The number of nitrogens with two attached hydrogens (primary N) is 1. The Hall–Kier alpha value is -2.88. The van der Waals surface area contributed by atoms with Crippen LogP contribution >= 0.6 is 0 Å². The second-order valence-corrected chi connectivity index (χ2v) is 4.70. The minimum Gasteiger partial charge on any atom is -0.497 e. The molecule has 2 N–H and O–H groups in total. The van der Waals surface area contributed by atoms with Gasteiger partial charge in [-0.2, -0.15) is 0 Å². The van der Waals surface area contributed by atoms with Crippen molar-refractivity contribution >= 4 is 22.4 Å². The van der Waals surface area contributed by atoms with E-state index < -0.39 is 0 Å². The molecule has 0 atom stereocenters. The Kier molecular flexibility index (Phi) is 3.28. The van der Waals surface area contributed by atoms with Crippen molar-refractivity contribution in [2.75, 3.05) is 12.8 Å². The lowest BCUT2D eigenvalue weighted by atomic mass is 10.0. The van der Waals surface area contributed by atoms with E-state index >= 15 is 0 Å². The minimum atomic E-state index is -0.145. The first-order valence-electron chi connectivity index (χ1n) is 6.52. The molecule has 3 aromatic rings. The Morgan fingerprint density at radius 1 is 1.14 bits per heavy atom. The highest BCUT2D eigenvalue weighted by Crippen LogP contribution is 2.23. The smallest absolute Gasteiger partial charge is 0.196 e. The van der Waals surface area contributed by atoms with Crippen LogP contribution in [0.4, 0.5) is 5.69 Å². The van der Waals surface area contributed by atoms with Crippen LogP contribution in [0.15, 0.2) is 54.7 Å². The molecule has 4 heteroatoms. The van der Waals surface area contributed by atoms with Crippen LogP contribution < -0.4 is 10.5 Å². The molecule has 2 aromatic carbocycles. The van der Waals surface area contributed by atoms with Crippen LogP contribution in [-0.2, 0) is 0 Å². The quantitative estimate of drug-likeness (QED) is 0.590. The van der Waals surface area contributed by atoms with Gasteiger partial charge in [-0.3, -0.25) is 9.78 Å². The highest BCUT2D eigenvalue weighted by molar-refractivity contribution is 6.13. The zero-order chi connectivity index (χ0) is 14.8. The summed E-state index contributed by atoms with van der Waals surface area (Å²) in [6.07, 6.45) is 1.58. The standard InChI is InChI=1S/C17H14N2O2/c1-21-13-6-7-14(15(18)9-13)17(20)12-8-11-4-2-3-5-16(11)19-10-12/h2-10H,18H2,1H3. The third kappa shape index (κ3) is 2.43. The van der Waals surface area contributed by atoms with Crippen molar-refractivity contribution in [2.24, 2.45) is 0 Å². The van der Waals surface area contributed by atoms with E-state index in [1.54, 1.807) is 31.5 Å². The summed E-state index contributed by atoms with van der Waals surface area (Å²) in [5.74, 6) is 0.481. The predicted molar refractivity (Wildman–Crippen MR) is 82.6 cm³/mol. The fraction of sp³-hybridized carbons (Fsp3) is 0.0588. The highest BCUT2D eigenvalue weighted by atomic mass is 16.5. The number of ether oxygens (including phenoxy) is 1. The number of hydrogen-bond acceptors (Lipinski definition) is 4. The number of carbonyl (C=O) groups excluding carboxylic acids is 1. The van der Waals surface area contributed by atoms with Crippen LogP contribution in [0.3, 0.4) is 0 Å².